The summed E-state index contributed by atoms with van der Waals surface area (Å²) in [6, 6.07) is 9.10. The van der Waals surface area contributed by atoms with Crippen molar-refractivity contribution in [1.82, 2.24) is 24.9 Å². The molecule has 1 amide bonds. The van der Waals surface area contributed by atoms with Crippen LogP contribution in [-0.4, -0.2) is 25.5 Å². The standard InChI is InChI=1S/C16H14ClN5O/c1-9-13-14(10-3-5-11(17)6-4-10)19-16(23)15(13)22(20-9)12-7-8-18-21(12)2/h3-8,14H,1-2H3,(H,19,23). The molecule has 0 saturated carbocycles. The van der Waals surface area contributed by atoms with Gasteiger partial charge in [0.1, 0.15) is 5.69 Å². The van der Waals surface area contributed by atoms with Gasteiger partial charge in [-0.1, -0.05) is 23.7 Å². The summed E-state index contributed by atoms with van der Waals surface area (Å²) in [5, 5.41) is 12.4. The first kappa shape index (κ1) is 14.0. The van der Waals surface area contributed by atoms with E-state index < -0.39 is 0 Å². The fourth-order valence-corrected chi connectivity index (χ4v) is 3.15. The molecule has 0 saturated heterocycles. The van der Waals surface area contributed by atoms with Gasteiger partial charge < -0.3 is 5.32 Å². The highest BCUT2D eigenvalue weighted by atomic mass is 35.5. The predicted molar refractivity (Wildman–Crippen MR) is 85.8 cm³/mol. The highest BCUT2D eigenvalue weighted by molar-refractivity contribution is 6.30. The zero-order chi connectivity index (χ0) is 16.1. The Morgan fingerprint density at radius 1 is 1.22 bits per heavy atom. The molecule has 0 fully saturated rings. The van der Waals surface area contributed by atoms with Crippen molar-refractivity contribution in [2.45, 2.75) is 13.0 Å². The molecule has 4 rings (SSSR count). The van der Waals surface area contributed by atoms with Crippen LogP contribution in [0.4, 0.5) is 0 Å². The summed E-state index contributed by atoms with van der Waals surface area (Å²) in [5.41, 5.74) is 3.26. The highest BCUT2D eigenvalue weighted by Gasteiger charge is 2.37. The summed E-state index contributed by atoms with van der Waals surface area (Å²) in [6.07, 6.45) is 1.68. The van der Waals surface area contributed by atoms with Crippen LogP contribution in [0.15, 0.2) is 36.5 Å². The number of halogens is 1. The molecule has 23 heavy (non-hydrogen) atoms. The number of aromatic nitrogens is 4. The van der Waals surface area contributed by atoms with Crippen LogP contribution >= 0.6 is 11.6 Å². The number of hydrogen-bond donors (Lipinski definition) is 1. The molecule has 116 valence electrons. The van der Waals surface area contributed by atoms with E-state index in [-0.39, 0.29) is 11.9 Å². The van der Waals surface area contributed by atoms with E-state index in [1.807, 2.05) is 44.3 Å². The first-order chi connectivity index (χ1) is 11.1. The van der Waals surface area contributed by atoms with Gasteiger partial charge in [0.15, 0.2) is 5.82 Å². The highest BCUT2D eigenvalue weighted by Crippen LogP contribution is 2.34. The number of nitrogens with zero attached hydrogens (tertiary/aromatic N) is 4. The average Bonchev–Trinajstić information content (AvgIpc) is 3.18. The minimum atomic E-state index is -0.211. The van der Waals surface area contributed by atoms with E-state index in [1.54, 1.807) is 15.6 Å². The Bertz CT molecular complexity index is 909. The first-order valence-electron chi connectivity index (χ1n) is 7.20. The molecule has 1 unspecified atom stereocenters. The van der Waals surface area contributed by atoms with Gasteiger partial charge in [0.25, 0.3) is 5.91 Å². The van der Waals surface area contributed by atoms with E-state index in [1.165, 1.54) is 0 Å². The Morgan fingerprint density at radius 2 is 1.96 bits per heavy atom. The van der Waals surface area contributed by atoms with Gasteiger partial charge in [-0.05, 0) is 24.6 Å². The number of benzene rings is 1. The fourth-order valence-electron chi connectivity index (χ4n) is 3.02. The molecule has 0 aliphatic carbocycles. The average molecular weight is 328 g/mol. The number of fused-ring (bicyclic) bond motifs is 1. The molecule has 3 aromatic rings. The van der Waals surface area contributed by atoms with E-state index in [2.05, 4.69) is 15.5 Å². The van der Waals surface area contributed by atoms with Crippen molar-refractivity contribution < 1.29 is 4.79 Å². The molecule has 0 bridgehead atoms. The lowest BCUT2D eigenvalue weighted by Gasteiger charge is -2.12. The van der Waals surface area contributed by atoms with Crippen molar-refractivity contribution in [2.24, 2.45) is 7.05 Å². The lowest BCUT2D eigenvalue weighted by atomic mass is 10.0. The van der Waals surface area contributed by atoms with Crippen molar-refractivity contribution in [3.05, 3.63) is 64.1 Å². The number of amides is 1. The van der Waals surface area contributed by atoms with Crippen molar-refractivity contribution in [2.75, 3.05) is 0 Å². The van der Waals surface area contributed by atoms with Crippen molar-refractivity contribution in [3.63, 3.8) is 0 Å². The molecule has 7 heteroatoms. The van der Waals surface area contributed by atoms with Crippen molar-refractivity contribution in [3.8, 4) is 5.82 Å². The summed E-state index contributed by atoms with van der Waals surface area (Å²) in [7, 11) is 1.82. The lowest BCUT2D eigenvalue weighted by Crippen LogP contribution is -2.23. The van der Waals surface area contributed by atoms with Crippen LogP contribution in [0, 0.1) is 6.92 Å². The van der Waals surface area contributed by atoms with E-state index in [4.69, 9.17) is 11.6 Å². The third-order valence-electron chi connectivity index (χ3n) is 4.10. The number of rotatable bonds is 2. The van der Waals surface area contributed by atoms with Gasteiger partial charge >= 0.3 is 0 Å². The van der Waals surface area contributed by atoms with Crippen LogP contribution in [0.25, 0.3) is 5.82 Å². The van der Waals surface area contributed by atoms with Gasteiger partial charge in [-0.25, -0.2) is 4.68 Å². The zero-order valence-corrected chi connectivity index (χ0v) is 13.4. The van der Waals surface area contributed by atoms with Gasteiger partial charge in [0.05, 0.1) is 17.9 Å². The monoisotopic (exact) mass is 327 g/mol. The van der Waals surface area contributed by atoms with Crippen LogP contribution in [-0.2, 0) is 7.05 Å². The van der Waals surface area contributed by atoms with Gasteiger partial charge in [0, 0.05) is 23.7 Å². The summed E-state index contributed by atoms with van der Waals surface area (Å²) in [5.74, 6) is 0.614. The third-order valence-corrected chi connectivity index (χ3v) is 4.35. The summed E-state index contributed by atoms with van der Waals surface area (Å²) >= 11 is 5.95. The molecule has 1 aromatic carbocycles. The predicted octanol–water partition coefficient (Wildman–Crippen LogP) is 2.40. The molecular weight excluding hydrogens is 314 g/mol. The van der Waals surface area contributed by atoms with Gasteiger partial charge in [0.2, 0.25) is 0 Å². The van der Waals surface area contributed by atoms with E-state index in [9.17, 15) is 4.79 Å². The van der Waals surface area contributed by atoms with Crippen molar-refractivity contribution >= 4 is 17.5 Å². The number of carbonyl (C=O) groups excluding carboxylic acids is 1. The van der Waals surface area contributed by atoms with E-state index in [0.717, 1.165) is 22.6 Å². The molecule has 0 radical (unpaired) electrons. The Morgan fingerprint density at radius 3 is 2.61 bits per heavy atom. The second kappa shape index (κ2) is 4.96. The second-order valence-corrected chi connectivity index (χ2v) is 5.97. The normalized spacial score (nSPS) is 16.5. The van der Waals surface area contributed by atoms with Crippen LogP contribution < -0.4 is 5.32 Å². The third kappa shape index (κ3) is 2.06. The van der Waals surface area contributed by atoms with E-state index >= 15 is 0 Å². The SMILES string of the molecule is Cc1nn(-c2ccnn2C)c2c1C(c1ccc(Cl)cc1)NC2=O. The fraction of sp³-hybridized carbons (Fsp3) is 0.188. The van der Waals surface area contributed by atoms with Gasteiger partial charge in [-0.2, -0.15) is 10.2 Å². The molecule has 1 N–H and O–H groups in total. The quantitative estimate of drug-likeness (QED) is 0.786. The number of aryl methyl sites for hydroxylation is 2. The Balaban J connectivity index is 1.88. The lowest BCUT2D eigenvalue weighted by molar-refractivity contribution is 0.0952. The summed E-state index contributed by atoms with van der Waals surface area (Å²) < 4.78 is 3.35. The summed E-state index contributed by atoms with van der Waals surface area (Å²) in [4.78, 5) is 12.5. The molecule has 1 aliphatic heterocycles. The van der Waals surface area contributed by atoms with Gasteiger partial charge in [-0.15, -0.1) is 0 Å². The maximum Gasteiger partial charge on any atom is 0.271 e. The molecule has 1 aliphatic rings. The number of hydrogen-bond acceptors (Lipinski definition) is 3. The smallest absolute Gasteiger partial charge is 0.271 e. The first-order valence-corrected chi connectivity index (χ1v) is 7.58. The van der Waals surface area contributed by atoms with Gasteiger partial charge in [-0.3, -0.25) is 9.48 Å². The minimum absolute atomic E-state index is 0.137. The Kier molecular flexibility index (Phi) is 3.02. The molecular formula is C16H14ClN5O. The minimum Gasteiger partial charge on any atom is -0.340 e. The molecule has 2 aromatic heterocycles. The number of nitrogens with one attached hydrogen (secondary N) is 1. The summed E-state index contributed by atoms with van der Waals surface area (Å²) in [6.45, 7) is 1.91. The maximum atomic E-state index is 12.5. The Hall–Kier alpha value is -2.60. The molecule has 0 spiro atoms. The van der Waals surface area contributed by atoms with E-state index in [0.29, 0.717) is 10.7 Å². The van der Waals surface area contributed by atoms with Crippen molar-refractivity contribution in [1.29, 1.82) is 0 Å². The largest absolute Gasteiger partial charge is 0.340 e. The molecule has 3 heterocycles. The van der Waals surface area contributed by atoms with Crippen LogP contribution in [0.5, 0.6) is 0 Å². The van der Waals surface area contributed by atoms with Crippen LogP contribution in [0.1, 0.15) is 33.4 Å². The maximum absolute atomic E-state index is 12.5. The second-order valence-electron chi connectivity index (χ2n) is 5.53. The molecule has 6 nitrogen and oxygen atoms in total. The zero-order valence-electron chi connectivity index (χ0n) is 12.6. The van der Waals surface area contributed by atoms with Crippen LogP contribution in [0.3, 0.4) is 0 Å². The Labute approximate surface area is 137 Å². The topological polar surface area (TPSA) is 64.7 Å². The number of carbonyl (C=O) groups is 1. The molecule has 1 atom stereocenters. The van der Waals surface area contributed by atoms with Crippen LogP contribution in [0.2, 0.25) is 5.02 Å².